The molecular formula is C17H18N2O3. The van der Waals surface area contributed by atoms with E-state index in [9.17, 15) is 9.59 Å². The molecule has 0 saturated heterocycles. The zero-order valence-corrected chi connectivity index (χ0v) is 13.1. The smallest absolute Gasteiger partial charge is 0.358 e. The van der Waals surface area contributed by atoms with Crippen LogP contribution in [0.1, 0.15) is 43.2 Å². The van der Waals surface area contributed by atoms with Gasteiger partial charge in [-0.2, -0.15) is 0 Å². The van der Waals surface area contributed by atoms with Crippen LogP contribution in [0.3, 0.4) is 0 Å². The number of aromatic nitrogens is 2. The Balaban J connectivity index is 2.05. The first-order valence-corrected chi connectivity index (χ1v) is 6.95. The van der Waals surface area contributed by atoms with Crippen molar-refractivity contribution in [1.82, 2.24) is 9.97 Å². The van der Waals surface area contributed by atoms with Crippen LogP contribution >= 0.6 is 0 Å². The van der Waals surface area contributed by atoms with Crippen LogP contribution in [0.2, 0.25) is 0 Å². The van der Waals surface area contributed by atoms with Crippen LogP contribution in [0.15, 0.2) is 24.5 Å². The van der Waals surface area contributed by atoms with Gasteiger partial charge in [-0.15, -0.1) is 0 Å². The number of carbonyl (C=O) groups is 2. The fourth-order valence-electron chi connectivity index (χ4n) is 2.04. The third-order valence-electron chi connectivity index (χ3n) is 3.47. The molecule has 1 aromatic carbocycles. The Bertz CT molecular complexity index is 721. The summed E-state index contributed by atoms with van der Waals surface area (Å²) in [4.78, 5) is 31.9. The van der Waals surface area contributed by atoms with E-state index in [-0.39, 0.29) is 18.1 Å². The lowest BCUT2D eigenvalue weighted by Crippen LogP contribution is -2.16. The van der Waals surface area contributed by atoms with E-state index >= 15 is 0 Å². The largest absolute Gasteiger partial charge is 0.453 e. The number of benzene rings is 1. The van der Waals surface area contributed by atoms with E-state index in [0.717, 1.165) is 16.7 Å². The highest BCUT2D eigenvalue weighted by Crippen LogP contribution is 2.16. The molecule has 2 aromatic rings. The number of aryl methyl sites for hydroxylation is 4. The molecule has 0 unspecified atom stereocenters. The van der Waals surface area contributed by atoms with Gasteiger partial charge in [-0.3, -0.25) is 9.78 Å². The highest BCUT2D eigenvalue weighted by Gasteiger charge is 2.15. The summed E-state index contributed by atoms with van der Waals surface area (Å²) in [7, 11) is 0. The van der Waals surface area contributed by atoms with Gasteiger partial charge in [-0.25, -0.2) is 9.78 Å². The minimum atomic E-state index is -0.651. The first-order chi connectivity index (χ1) is 10.4. The molecule has 0 N–H and O–H groups in total. The van der Waals surface area contributed by atoms with Crippen LogP contribution in [0.25, 0.3) is 0 Å². The monoisotopic (exact) mass is 298 g/mol. The number of rotatable bonds is 4. The average molecular weight is 298 g/mol. The summed E-state index contributed by atoms with van der Waals surface area (Å²) in [6, 6.07) is 3.78. The summed E-state index contributed by atoms with van der Waals surface area (Å²) < 4.78 is 5.02. The molecule has 2 rings (SSSR count). The summed E-state index contributed by atoms with van der Waals surface area (Å²) in [5, 5.41) is 0. The number of Topliss-reactive ketones (excluding diaryl/α,β-unsaturated/α-hetero) is 1. The predicted octanol–water partition coefficient (Wildman–Crippen LogP) is 2.75. The molecule has 0 aliphatic heterocycles. The number of esters is 1. The second-order valence-corrected chi connectivity index (χ2v) is 5.29. The lowest BCUT2D eigenvalue weighted by molar-refractivity contribution is 0.0468. The van der Waals surface area contributed by atoms with Gasteiger partial charge in [0.15, 0.2) is 12.3 Å². The van der Waals surface area contributed by atoms with Crippen LogP contribution in [-0.2, 0) is 4.74 Å². The van der Waals surface area contributed by atoms with Gasteiger partial charge < -0.3 is 4.74 Å². The van der Waals surface area contributed by atoms with E-state index in [2.05, 4.69) is 9.97 Å². The quantitative estimate of drug-likeness (QED) is 0.641. The second-order valence-electron chi connectivity index (χ2n) is 5.29. The summed E-state index contributed by atoms with van der Waals surface area (Å²) in [5.74, 6) is -0.878. The molecule has 114 valence electrons. The van der Waals surface area contributed by atoms with Gasteiger partial charge in [0, 0.05) is 11.8 Å². The predicted molar refractivity (Wildman–Crippen MR) is 82.0 cm³/mol. The topological polar surface area (TPSA) is 69.2 Å². The molecule has 0 spiro atoms. The third kappa shape index (κ3) is 3.55. The molecule has 1 aromatic heterocycles. The molecule has 0 amide bonds. The van der Waals surface area contributed by atoms with Gasteiger partial charge in [-0.1, -0.05) is 6.07 Å². The van der Waals surface area contributed by atoms with E-state index < -0.39 is 5.97 Å². The van der Waals surface area contributed by atoms with Crippen molar-refractivity contribution >= 4 is 11.8 Å². The van der Waals surface area contributed by atoms with Crippen molar-refractivity contribution in [3.05, 3.63) is 58.2 Å². The van der Waals surface area contributed by atoms with Gasteiger partial charge in [0.1, 0.15) is 0 Å². The SMILES string of the molecule is Cc1cnc(C(=O)OCC(=O)c2cc(C)c(C)cc2C)cn1. The molecule has 22 heavy (non-hydrogen) atoms. The Morgan fingerprint density at radius 2 is 1.64 bits per heavy atom. The van der Waals surface area contributed by atoms with Gasteiger partial charge in [0.05, 0.1) is 11.9 Å². The lowest BCUT2D eigenvalue weighted by atomic mass is 9.98. The maximum Gasteiger partial charge on any atom is 0.358 e. The summed E-state index contributed by atoms with van der Waals surface area (Å²) in [5.41, 5.74) is 4.41. The maximum atomic E-state index is 12.2. The van der Waals surface area contributed by atoms with Crippen molar-refractivity contribution in [2.24, 2.45) is 0 Å². The third-order valence-corrected chi connectivity index (χ3v) is 3.47. The van der Waals surface area contributed by atoms with Crippen molar-refractivity contribution in [2.45, 2.75) is 27.7 Å². The number of nitrogens with zero attached hydrogens (tertiary/aromatic N) is 2. The van der Waals surface area contributed by atoms with Gasteiger partial charge >= 0.3 is 5.97 Å². The highest BCUT2D eigenvalue weighted by molar-refractivity contribution is 6.00. The van der Waals surface area contributed by atoms with Crippen LogP contribution in [0.5, 0.6) is 0 Å². The van der Waals surface area contributed by atoms with E-state index in [1.165, 1.54) is 12.4 Å². The normalized spacial score (nSPS) is 10.4. The molecule has 0 fully saturated rings. The number of ether oxygens (including phenoxy) is 1. The summed E-state index contributed by atoms with van der Waals surface area (Å²) in [6.07, 6.45) is 2.81. The molecule has 0 saturated carbocycles. The van der Waals surface area contributed by atoms with Crippen molar-refractivity contribution < 1.29 is 14.3 Å². The molecule has 5 nitrogen and oxygen atoms in total. The molecule has 5 heteroatoms. The van der Waals surface area contributed by atoms with E-state index in [1.54, 1.807) is 6.92 Å². The molecular weight excluding hydrogens is 280 g/mol. The number of carbonyl (C=O) groups excluding carboxylic acids is 2. The van der Waals surface area contributed by atoms with Crippen molar-refractivity contribution in [3.8, 4) is 0 Å². The van der Waals surface area contributed by atoms with Gasteiger partial charge in [-0.05, 0) is 50.5 Å². The van der Waals surface area contributed by atoms with Gasteiger partial charge in [0.2, 0.25) is 5.78 Å². The molecule has 0 aliphatic carbocycles. The zero-order valence-electron chi connectivity index (χ0n) is 13.1. The Morgan fingerprint density at radius 1 is 0.955 bits per heavy atom. The first-order valence-electron chi connectivity index (χ1n) is 6.95. The Morgan fingerprint density at radius 3 is 2.27 bits per heavy atom. The summed E-state index contributed by atoms with van der Waals surface area (Å²) >= 11 is 0. The Kier molecular flexibility index (Phi) is 4.65. The molecule has 0 radical (unpaired) electrons. The number of ketones is 1. The number of hydrogen-bond acceptors (Lipinski definition) is 5. The Labute approximate surface area is 129 Å². The van der Waals surface area contributed by atoms with Crippen LogP contribution < -0.4 is 0 Å². The van der Waals surface area contributed by atoms with Crippen LogP contribution in [-0.4, -0.2) is 28.3 Å². The zero-order chi connectivity index (χ0) is 16.3. The lowest BCUT2D eigenvalue weighted by Gasteiger charge is -2.09. The first kappa shape index (κ1) is 15.8. The average Bonchev–Trinajstić information content (AvgIpc) is 2.49. The fourth-order valence-corrected chi connectivity index (χ4v) is 2.04. The number of hydrogen-bond donors (Lipinski definition) is 0. The standard InChI is InChI=1S/C17H18N2O3/c1-10-5-12(3)14(6-11(10)2)16(20)9-22-17(21)15-8-18-13(4)7-19-15/h5-8H,9H2,1-4H3. The van der Waals surface area contributed by atoms with Gasteiger partial charge in [0.25, 0.3) is 0 Å². The minimum Gasteiger partial charge on any atom is -0.453 e. The van der Waals surface area contributed by atoms with E-state index in [1.807, 2.05) is 32.9 Å². The highest BCUT2D eigenvalue weighted by atomic mass is 16.5. The molecule has 0 atom stereocenters. The maximum absolute atomic E-state index is 12.2. The Hall–Kier alpha value is -2.56. The summed E-state index contributed by atoms with van der Waals surface area (Å²) in [6.45, 7) is 7.27. The molecule has 1 heterocycles. The second kappa shape index (κ2) is 6.47. The van der Waals surface area contributed by atoms with E-state index in [0.29, 0.717) is 11.3 Å². The molecule has 0 aliphatic rings. The van der Waals surface area contributed by atoms with Crippen LogP contribution in [0.4, 0.5) is 0 Å². The van der Waals surface area contributed by atoms with E-state index in [4.69, 9.17) is 4.74 Å². The minimum absolute atomic E-state index is 0.0928. The fraction of sp³-hybridized carbons (Fsp3) is 0.294. The van der Waals surface area contributed by atoms with Crippen LogP contribution in [0, 0.1) is 27.7 Å². The van der Waals surface area contributed by atoms with Crippen molar-refractivity contribution in [2.75, 3.05) is 6.61 Å². The van der Waals surface area contributed by atoms with Crippen molar-refractivity contribution in [3.63, 3.8) is 0 Å². The van der Waals surface area contributed by atoms with Crippen molar-refractivity contribution in [1.29, 1.82) is 0 Å². The molecule has 0 bridgehead atoms.